The minimum absolute atomic E-state index is 0. The van der Waals surface area contributed by atoms with Crippen LogP contribution in [0.15, 0.2) is 29.3 Å². The highest BCUT2D eigenvalue weighted by molar-refractivity contribution is 14.0. The largest absolute Gasteiger partial charge is 0.381 e. The molecular weight excluding hydrogens is 465 g/mol. The maximum Gasteiger partial charge on any atom is 0.193 e. The number of hydrogen-bond acceptors (Lipinski definition) is 3. The van der Waals surface area contributed by atoms with Gasteiger partial charge in [0.1, 0.15) is 0 Å². The Morgan fingerprint density at radius 3 is 2.71 bits per heavy atom. The molecule has 0 bridgehead atoms. The van der Waals surface area contributed by atoms with Crippen LogP contribution in [-0.2, 0) is 22.6 Å². The number of nitrogens with one attached hydrogen (secondary N) is 1. The Hall–Kier alpha value is -0.860. The number of ether oxygens (including phenoxy) is 2. The van der Waals surface area contributed by atoms with Crippen LogP contribution in [-0.4, -0.2) is 50.3 Å². The summed E-state index contributed by atoms with van der Waals surface area (Å²) in [6.45, 7) is 5.45. The third-order valence-electron chi connectivity index (χ3n) is 6.46. The van der Waals surface area contributed by atoms with E-state index in [2.05, 4.69) is 39.5 Å². The molecule has 1 N–H and O–H groups in total. The van der Waals surface area contributed by atoms with Crippen molar-refractivity contribution in [3.63, 3.8) is 0 Å². The molecule has 4 rings (SSSR count). The average molecular weight is 499 g/mol. The highest BCUT2D eigenvalue weighted by atomic mass is 127. The number of likely N-dealkylation sites (tertiary alicyclic amines) is 1. The van der Waals surface area contributed by atoms with Gasteiger partial charge in [-0.15, -0.1) is 24.0 Å². The molecule has 2 heterocycles. The summed E-state index contributed by atoms with van der Waals surface area (Å²) in [6, 6.07) is 8.70. The van der Waals surface area contributed by atoms with Crippen molar-refractivity contribution in [2.45, 2.75) is 57.8 Å². The topological polar surface area (TPSA) is 46.1 Å². The van der Waals surface area contributed by atoms with Crippen LogP contribution in [0.3, 0.4) is 0 Å². The number of hydrogen-bond donors (Lipinski definition) is 1. The Kier molecular flexibility index (Phi) is 8.00. The fourth-order valence-electron chi connectivity index (χ4n) is 4.60. The van der Waals surface area contributed by atoms with E-state index in [-0.39, 0.29) is 24.0 Å². The molecule has 5 nitrogen and oxygen atoms in total. The zero-order valence-electron chi connectivity index (χ0n) is 17.0. The van der Waals surface area contributed by atoms with Crippen molar-refractivity contribution in [3.05, 3.63) is 35.4 Å². The van der Waals surface area contributed by atoms with E-state index in [1.165, 1.54) is 43.4 Å². The third-order valence-corrected chi connectivity index (χ3v) is 6.46. The molecule has 2 aliphatic heterocycles. The number of nitrogens with zero attached hydrogens (tertiary/aromatic N) is 2. The molecule has 1 aromatic rings. The Balaban J connectivity index is 0.00000225. The SMILES string of the molecule is CN=C(NCc1cccc(COC2CCOCC2)c1)N1CCC2(CCC2)C1.I. The van der Waals surface area contributed by atoms with Gasteiger partial charge in [-0.2, -0.15) is 0 Å². The molecule has 0 radical (unpaired) electrons. The molecule has 2 saturated heterocycles. The normalized spacial score (nSPS) is 22.0. The lowest BCUT2D eigenvalue weighted by atomic mass is 9.68. The van der Waals surface area contributed by atoms with E-state index in [1.54, 1.807) is 0 Å². The van der Waals surface area contributed by atoms with Gasteiger partial charge >= 0.3 is 0 Å². The lowest BCUT2D eigenvalue weighted by molar-refractivity contribution is -0.0390. The van der Waals surface area contributed by atoms with E-state index < -0.39 is 0 Å². The van der Waals surface area contributed by atoms with Gasteiger partial charge in [0.2, 0.25) is 0 Å². The lowest BCUT2D eigenvalue weighted by Gasteiger charge is -2.38. The highest BCUT2D eigenvalue weighted by Gasteiger charge is 2.43. The Morgan fingerprint density at radius 1 is 1.25 bits per heavy atom. The van der Waals surface area contributed by atoms with Crippen LogP contribution in [0, 0.1) is 5.41 Å². The van der Waals surface area contributed by atoms with Crippen molar-refractivity contribution in [2.75, 3.05) is 33.4 Å². The summed E-state index contributed by atoms with van der Waals surface area (Å²) in [6.07, 6.45) is 7.89. The van der Waals surface area contributed by atoms with Crippen molar-refractivity contribution in [1.82, 2.24) is 10.2 Å². The predicted molar refractivity (Wildman–Crippen MR) is 123 cm³/mol. The molecule has 6 heteroatoms. The maximum absolute atomic E-state index is 6.06. The number of guanidine groups is 1. The van der Waals surface area contributed by atoms with E-state index in [0.717, 1.165) is 45.1 Å². The molecule has 1 saturated carbocycles. The molecule has 0 atom stereocenters. The van der Waals surface area contributed by atoms with Crippen LogP contribution in [0.1, 0.15) is 49.7 Å². The van der Waals surface area contributed by atoms with Gasteiger partial charge in [-0.05, 0) is 48.6 Å². The van der Waals surface area contributed by atoms with E-state index >= 15 is 0 Å². The third kappa shape index (κ3) is 5.39. The second-order valence-electron chi connectivity index (χ2n) is 8.37. The number of rotatable bonds is 5. The van der Waals surface area contributed by atoms with Crippen molar-refractivity contribution in [2.24, 2.45) is 10.4 Å². The number of halogens is 1. The molecule has 0 aromatic heterocycles. The van der Waals surface area contributed by atoms with Gasteiger partial charge in [0.05, 0.1) is 12.7 Å². The average Bonchev–Trinajstić information content (AvgIpc) is 3.14. The first-order chi connectivity index (χ1) is 13.3. The van der Waals surface area contributed by atoms with Gasteiger partial charge in [0.25, 0.3) is 0 Å². The van der Waals surface area contributed by atoms with Crippen LogP contribution >= 0.6 is 24.0 Å². The molecule has 156 valence electrons. The predicted octanol–water partition coefficient (Wildman–Crippen LogP) is 3.95. The zero-order chi connectivity index (χ0) is 18.5. The monoisotopic (exact) mass is 499 g/mol. The van der Waals surface area contributed by atoms with Crippen LogP contribution in [0.25, 0.3) is 0 Å². The second-order valence-corrected chi connectivity index (χ2v) is 8.37. The number of aliphatic imine (C=N–C) groups is 1. The first kappa shape index (κ1) is 21.8. The molecular formula is C22H34IN3O2. The summed E-state index contributed by atoms with van der Waals surface area (Å²) in [5.41, 5.74) is 3.12. The van der Waals surface area contributed by atoms with Gasteiger partial charge < -0.3 is 19.7 Å². The fourth-order valence-corrected chi connectivity index (χ4v) is 4.60. The van der Waals surface area contributed by atoms with Gasteiger partial charge in [-0.25, -0.2) is 0 Å². The highest BCUT2D eigenvalue weighted by Crippen LogP contribution is 2.47. The van der Waals surface area contributed by atoms with Crippen LogP contribution in [0.5, 0.6) is 0 Å². The Labute approximate surface area is 186 Å². The molecule has 0 amide bonds. The number of benzene rings is 1. The van der Waals surface area contributed by atoms with Crippen molar-refractivity contribution >= 4 is 29.9 Å². The quantitative estimate of drug-likeness (QED) is 0.379. The first-order valence-electron chi connectivity index (χ1n) is 10.5. The van der Waals surface area contributed by atoms with Crippen molar-refractivity contribution < 1.29 is 9.47 Å². The summed E-state index contributed by atoms with van der Waals surface area (Å²) in [5, 5.41) is 3.56. The summed E-state index contributed by atoms with van der Waals surface area (Å²) < 4.78 is 11.5. The minimum atomic E-state index is 0. The van der Waals surface area contributed by atoms with Crippen LogP contribution in [0.2, 0.25) is 0 Å². The standard InChI is InChI=1S/C22H33N3O2.HI/c1-23-21(25-11-10-22(17-25)8-3-9-22)24-15-18-4-2-5-19(14-18)16-27-20-6-12-26-13-7-20;/h2,4-5,14,20H,3,6-13,15-17H2,1H3,(H,23,24);1H. The molecule has 1 aromatic carbocycles. The molecule has 3 fully saturated rings. The molecule has 1 aliphatic carbocycles. The Morgan fingerprint density at radius 2 is 2.04 bits per heavy atom. The van der Waals surface area contributed by atoms with E-state index in [1.807, 2.05) is 7.05 Å². The maximum atomic E-state index is 6.06. The van der Waals surface area contributed by atoms with Crippen LogP contribution in [0.4, 0.5) is 0 Å². The summed E-state index contributed by atoms with van der Waals surface area (Å²) in [4.78, 5) is 6.97. The minimum Gasteiger partial charge on any atom is -0.381 e. The summed E-state index contributed by atoms with van der Waals surface area (Å²) >= 11 is 0. The van der Waals surface area contributed by atoms with Gasteiger partial charge in [0, 0.05) is 39.9 Å². The summed E-state index contributed by atoms with van der Waals surface area (Å²) in [5.74, 6) is 1.04. The van der Waals surface area contributed by atoms with Gasteiger partial charge in [-0.1, -0.05) is 30.7 Å². The lowest BCUT2D eigenvalue weighted by Crippen LogP contribution is -2.42. The zero-order valence-corrected chi connectivity index (χ0v) is 19.3. The van der Waals surface area contributed by atoms with Gasteiger partial charge in [0.15, 0.2) is 5.96 Å². The Bertz CT molecular complexity index is 657. The smallest absolute Gasteiger partial charge is 0.193 e. The van der Waals surface area contributed by atoms with E-state index in [4.69, 9.17) is 9.47 Å². The van der Waals surface area contributed by atoms with Crippen molar-refractivity contribution in [1.29, 1.82) is 0 Å². The van der Waals surface area contributed by atoms with Crippen molar-refractivity contribution in [3.8, 4) is 0 Å². The second kappa shape index (κ2) is 10.3. The first-order valence-corrected chi connectivity index (χ1v) is 10.5. The fraction of sp³-hybridized carbons (Fsp3) is 0.682. The summed E-state index contributed by atoms with van der Waals surface area (Å²) in [7, 11) is 1.90. The van der Waals surface area contributed by atoms with E-state index in [9.17, 15) is 0 Å². The molecule has 3 aliphatic rings. The molecule has 28 heavy (non-hydrogen) atoms. The van der Waals surface area contributed by atoms with E-state index in [0.29, 0.717) is 18.1 Å². The van der Waals surface area contributed by atoms with Crippen LogP contribution < -0.4 is 5.32 Å². The molecule has 0 unspecified atom stereocenters. The molecule has 1 spiro atoms. The van der Waals surface area contributed by atoms with Gasteiger partial charge in [-0.3, -0.25) is 4.99 Å².